The van der Waals surface area contributed by atoms with E-state index in [4.69, 9.17) is 4.74 Å². The molecule has 2 unspecified atom stereocenters. The third kappa shape index (κ3) is 5.36. The molecule has 1 rings (SSSR count). The summed E-state index contributed by atoms with van der Waals surface area (Å²) in [5.41, 5.74) is -0.738. The second kappa shape index (κ2) is 5.67. The highest BCUT2D eigenvalue weighted by molar-refractivity contribution is 7.90. The maximum Gasteiger partial charge on any atom is 0.147 e. The molecule has 0 amide bonds. The van der Waals surface area contributed by atoms with Crippen molar-refractivity contribution in [2.75, 3.05) is 18.6 Å². The van der Waals surface area contributed by atoms with Gasteiger partial charge in [0.2, 0.25) is 0 Å². The average Bonchev–Trinajstić information content (AvgIpc) is 2.15. The molecular weight excluding hydrogens is 240 g/mol. The first-order valence-electron chi connectivity index (χ1n) is 6.24. The summed E-state index contributed by atoms with van der Waals surface area (Å²) < 4.78 is 27.7. The summed E-state index contributed by atoms with van der Waals surface area (Å²) in [6, 6.07) is 0. The molecule has 1 aliphatic rings. The molecule has 0 saturated carbocycles. The van der Waals surface area contributed by atoms with Crippen molar-refractivity contribution in [1.82, 2.24) is 0 Å². The Morgan fingerprint density at radius 3 is 2.65 bits per heavy atom. The molecular formula is C12H24O4S. The topological polar surface area (TPSA) is 63.6 Å². The van der Waals surface area contributed by atoms with E-state index >= 15 is 0 Å². The average molecular weight is 264 g/mol. The zero-order chi connectivity index (χ0) is 13.1. The van der Waals surface area contributed by atoms with Gasteiger partial charge >= 0.3 is 0 Å². The van der Waals surface area contributed by atoms with Gasteiger partial charge in [0, 0.05) is 25.0 Å². The molecule has 0 aromatic carbocycles. The lowest BCUT2D eigenvalue weighted by Gasteiger charge is -2.38. The molecule has 0 aliphatic carbocycles. The van der Waals surface area contributed by atoms with Crippen LogP contribution in [0.1, 0.15) is 39.5 Å². The summed E-state index contributed by atoms with van der Waals surface area (Å²) in [7, 11) is -2.92. The van der Waals surface area contributed by atoms with Crippen molar-refractivity contribution in [1.29, 1.82) is 0 Å². The highest BCUT2D eigenvalue weighted by Gasteiger charge is 2.35. The fourth-order valence-electron chi connectivity index (χ4n) is 2.25. The van der Waals surface area contributed by atoms with Crippen LogP contribution in [-0.4, -0.2) is 43.8 Å². The van der Waals surface area contributed by atoms with Gasteiger partial charge in [0.05, 0.1) is 11.7 Å². The molecule has 0 spiro atoms. The molecule has 0 aromatic heterocycles. The van der Waals surface area contributed by atoms with Gasteiger partial charge in [-0.25, -0.2) is 8.42 Å². The summed E-state index contributed by atoms with van der Waals surface area (Å²) in [5, 5.41) is 10.4. The minimum Gasteiger partial charge on any atom is -0.390 e. The van der Waals surface area contributed by atoms with E-state index in [-0.39, 0.29) is 11.9 Å². The van der Waals surface area contributed by atoms with Gasteiger partial charge in [-0.15, -0.1) is 0 Å². The zero-order valence-electron chi connectivity index (χ0n) is 11.0. The highest BCUT2D eigenvalue weighted by atomic mass is 32.2. The van der Waals surface area contributed by atoms with E-state index in [1.54, 1.807) is 0 Å². The quantitative estimate of drug-likeness (QED) is 0.815. The van der Waals surface area contributed by atoms with Crippen molar-refractivity contribution < 1.29 is 18.3 Å². The standard InChI is InChI=1S/C12H24O4S/c1-10(2)11-9-12(13,6-7-16-11)5-4-8-17(3,14)15/h10-11,13H,4-9H2,1-3H3. The predicted molar refractivity (Wildman–Crippen MR) is 67.7 cm³/mol. The van der Waals surface area contributed by atoms with Crippen LogP contribution in [-0.2, 0) is 14.6 Å². The second-order valence-corrected chi connectivity index (χ2v) is 7.82. The Morgan fingerprint density at radius 2 is 2.12 bits per heavy atom. The molecule has 0 aromatic rings. The zero-order valence-corrected chi connectivity index (χ0v) is 11.8. The van der Waals surface area contributed by atoms with Crippen LogP contribution < -0.4 is 0 Å². The fourth-order valence-corrected chi connectivity index (χ4v) is 2.92. The lowest BCUT2D eigenvalue weighted by Crippen LogP contribution is -2.42. The maximum absolute atomic E-state index is 11.0. The molecule has 0 radical (unpaired) electrons. The van der Waals surface area contributed by atoms with E-state index in [2.05, 4.69) is 13.8 Å². The van der Waals surface area contributed by atoms with Crippen molar-refractivity contribution in [2.24, 2.45) is 5.92 Å². The highest BCUT2D eigenvalue weighted by Crippen LogP contribution is 2.32. The molecule has 1 aliphatic heterocycles. The van der Waals surface area contributed by atoms with Crippen LogP contribution in [0, 0.1) is 5.92 Å². The van der Waals surface area contributed by atoms with Gasteiger partial charge in [-0.05, 0) is 25.2 Å². The molecule has 5 heteroatoms. The smallest absolute Gasteiger partial charge is 0.147 e. The van der Waals surface area contributed by atoms with Crippen molar-refractivity contribution in [3.05, 3.63) is 0 Å². The molecule has 2 atom stereocenters. The molecule has 1 saturated heterocycles. The molecule has 0 bridgehead atoms. The minimum absolute atomic E-state index is 0.0898. The Kier molecular flexibility index (Phi) is 4.98. The van der Waals surface area contributed by atoms with Gasteiger partial charge < -0.3 is 9.84 Å². The normalized spacial score (nSPS) is 30.8. The van der Waals surface area contributed by atoms with Crippen LogP contribution in [0.25, 0.3) is 0 Å². The predicted octanol–water partition coefficient (Wildman–Crippen LogP) is 1.38. The van der Waals surface area contributed by atoms with Crippen LogP contribution >= 0.6 is 0 Å². The summed E-state index contributed by atoms with van der Waals surface area (Å²) >= 11 is 0. The Bertz CT molecular complexity index is 336. The molecule has 17 heavy (non-hydrogen) atoms. The summed E-state index contributed by atoms with van der Waals surface area (Å²) in [6.07, 6.45) is 3.63. The van der Waals surface area contributed by atoms with Gasteiger partial charge in [0.25, 0.3) is 0 Å². The van der Waals surface area contributed by atoms with E-state index in [1.165, 1.54) is 6.26 Å². The van der Waals surface area contributed by atoms with Crippen LogP contribution in [0.4, 0.5) is 0 Å². The van der Waals surface area contributed by atoms with E-state index < -0.39 is 15.4 Å². The largest absolute Gasteiger partial charge is 0.390 e. The van der Waals surface area contributed by atoms with Crippen molar-refractivity contribution in [3.63, 3.8) is 0 Å². The first-order chi connectivity index (χ1) is 7.72. The number of aliphatic hydroxyl groups is 1. The van der Waals surface area contributed by atoms with Crippen molar-refractivity contribution >= 4 is 9.84 Å². The van der Waals surface area contributed by atoms with E-state index in [9.17, 15) is 13.5 Å². The van der Waals surface area contributed by atoms with Gasteiger partial charge in [-0.2, -0.15) is 0 Å². The molecule has 1 fully saturated rings. The number of hydrogen-bond acceptors (Lipinski definition) is 4. The summed E-state index contributed by atoms with van der Waals surface area (Å²) in [5.74, 6) is 0.541. The molecule has 1 heterocycles. The third-order valence-corrected chi connectivity index (χ3v) is 4.41. The third-order valence-electron chi connectivity index (χ3n) is 3.38. The van der Waals surface area contributed by atoms with Crippen molar-refractivity contribution in [2.45, 2.75) is 51.2 Å². The second-order valence-electron chi connectivity index (χ2n) is 5.57. The lowest BCUT2D eigenvalue weighted by molar-refractivity contribution is -0.120. The Labute approximate surface area is 104 Å². The van der Waals surface area contributed by atoms with Gasteiger partial charge in [0.1, 0.15) is 9.84 Å². The van der Waals surface area contributed by atoms with Crippen LogP contribution in [0.2, 0.25) is 0 Å². The van der Waals surface area contributed by atoms with E-state index in [1.807, 2.05) is 0 Å². The van der Waals surface area contributed by atoms with Crippen LogP contribution in [0.5, 0.6) is 0 Å². The monoisotopic (exact) mass is 264 g/mol. The first kappa shape index (κ1) is 14.9. The lowest BCUT2D eigenvalue weighted by atomic mass is 9.83. The Morgan fingerprint density at radius 1 is 1.47 bits per heavy atom. The Hall–Kier alpha value is -0.130. The number of hydrogen-bond donors (Lipinski definition) is 1. The van der Waals surface area contributed by atoms with Crippen LogP contribution in [0.15, 0.2) is 0 Å². The maximum atomic E-state index is 11.0. The van der Waals surface area contributed by atoms with E-state index in [0.29, 0.717) is 38.2 Å². The van der Waals surface area contributed by atoms with Crippen molar-refractivity contribution in [3.8, 4) is 0 Å². The minimum atomic E-state index is -2.92. The molecule has 4 nitrogen and oxygen atoms in total. The summed E-state index contributed by atoms with van der Waals surface area (Å²) in [4.78, 5) is 0. The summed E-state index contributed by atoms with van der Waals surface area (Å²) in [6.45, 7) is 4.72. The van der Waals surface area contributed by atoms with Gasteiger partial charge in [0.15, 0.2) is 0 Å². The first-order valence-corrected chi connectivity index (χ1v) is 8.30. The van der Waals surface area contributed by atoms with Crippen LogP contribution in [0.3, 0.4) is 0 Å². The van der Waals surface area contributed by atoms with Gasteiger partial charge in [-0.1, -0.05) is 13.8 Å². The number of sulfone groups is 1. The molecule has 102 valence electrons. The number of rotatable bonds is 5. The SMILES string of the molecule is CC(C)C1CC(O)(CCCS(C)(=O)=O)CCO1. The Balaban J connectivity index is 2.45. The van der Waals surface area contributed by atoms with Gasteiger partial charge in [-0.3, -0.25) is 0 Å². The molecule has 1 N–H and O–H groups in total. The fraction of sp³-hybridized carbons (Fsp3) is 1.00. The number of ether oxygens (including phenoxy) is 1. The van der Waals surface area contributed by atoms with E-state index in [0.717, 1.165) is 0 Å².